The first-order valence-corrected chi connectivity index (χ1v) is 12.0. The lowest BCUT2D eigenvalue weighted by molar-refractivity contribution is -0.127. The Balaban J connectivity index is 1.34. The van der Waals surface area contributed by atoms with E-state index in [2.05, 4.69) is 10.5 Å². The van der Waals surface area contributed by atoms with Crippen LogP contribution in [0.3, 0.4) is 0 Å². The van der Waals surface area contributed by atoms with E-state index in [1.165, 1.54) is 0 Å². The number of fused-ring (bicyclic) bond motifs is 1. The molecule has 1 atom stereocenters. The van der Waals surface area contributed by atoms with Gasteiger partial charge >= 0.3 is 0 Å². The molecule has 0 aliphatic rings. The van der Waals surface area contributed by atoms with Gasteiger partial charge < -0.3 is 14.2 Å². The Hall–Kier alpha value is -4.03. The number of ether oxygens (including phenoxy) is 3. The molecule has 0 radical (unpaired) electrons. The van der Waals surface area contributed by atoms with Gasteiger partial charge in [0.1, 0.15) is 12.4 Å². The van der Waals surface area contributed by atoms with Crippen LogP contribution in [-0.2, 0) is 11.4 Å². The summed E-state index contributed by atoms with van der Waals surface area (Å²) in [7, 11) is 0. The molecule has 0 fully saturated rings. The standard InChI is InChI=1S/C29H27ClN2O4/c1-3-34-28-16-22(10-15-27(28)35-19-21-8-12-25(30)13-9-21)18-31-32-29(33)20(2)36-26-14-11-23-6-4-5-7-24(23)17-26/h4-18,20H,3,19H2,1-2H3,(H,32,33)/b31-18-/t20-/m0/s1. The molecule has 0 saturated carbocycles. The number of nitrogens with one attached hydrogen (secondary N) is 1. The molecular formula is C29H27ClN2O4. The van der Waals surface area contributed by atoms with Crippen molar-refractivity contribution in [2.45, 2.75) is 26.6 Å². The first-order valence-electron chi connectivity index (χ1n) is 11.6. The minimum atomic E-state index is -0.717. The maximum atomic E-state index is 12.5. The zero-order valence-electron chi connectivity index (χ0n) is 20.1. The summed E-state index contributed by atoms with van der Waals surface area (Å²) in [4.78, 5) is 12.5. The van der Waals surface area contributed by atoms with Gasteiger partial charge in [0.25, 0.3) is 5.91 Å². The van der Waals surface area contributed by atoms with Crippen LogP contribution in [0, 0.1) is 0 Å². The van der Waals surface area contributed by atoms with Gasteiger partial charge in [-0.15, -0.1) is 0 Å². The Kier molecular flexibility index (Phi) is 8.42. The Morgan fingerprint density at radius 3 is 2.50 bits per heavy atom. The molecule has 1 amide bonds. The van der Waals surface area contributed by atoms with Crippen molar-refractivity contribution in [3.05, 3.63) is 101 Å². The Morgan fingerprint density at radius 2 is 1.72 bits per heavy atom. The number of hydrogen-bond acceptors (Lipinski definition) is 5. The van der Waals surface area contributed by atoms with E-state index in [1.807, 2.05) is 91.9 Å². The number of carbonyl (C=O) groups is 1. The van der Waals surface area contributed by atoms with Crippen LogP contribution in [0.1, 0.15) is 25.0 Å². The van der Waals surface area contributed by atoms with Crippen molar-refractivity contribution in [2.24, 2.45) is 5.10 Å². The fourth-order valence-corrected chi connectivity index (χ4v) is 3.62. The van der Waals surface area contributed by atoms with Crippen LogP contribution in [-0.4, -0.2) is 24.8 Å². The fourth-order valence-electron chi connectivity index (χ4n) is 3.49. The third-order valence-electron chi connectivity index (χ3n) is 5.37. The number of carbonyl (C=O) groups excluding carboxylic acids is 1. The summed E-state index contributed by atoms with van der Waals surface area (Å²) in [6.07, 6.45) is 0.831. The highest BCUT2D eigenvalue weighted by molar-refractivity contribution is 6.30. The highest BCUT2D eigenvalue weighted by Crippen LogP contribution is 2.29. The molecular weight excluding hydrogens is 476 g/mol. The summed E-state index contributed by atoms with van der Waals surface area (Å²) in [6, 6.07) is 26.6. The van der Waals surface area contributed by atoms with Crippen LogP contribution in [0.2, 0.25) is 5.02 Å². The molecule has 4 aromatic rings. The van der Waals surface area contributed by atoms with Crippen molar-refractivity contribution in [3.63, 3.8) is 0 Å². The van der Waals surface area contributed by atoms with Gasteiger partial charge in [-0.05, 0) is 78.2 Å². The van der Waals surface area contributed by atoms with Gasteiger partial charge in [0.05, 0.1) is 12.8 Å². The Labute approximate surface area is 215 Å². The number of halogens is 1. The largest absolute Gasteiger partial charge is 0.490 e. The molecule has 184 valence electrons. The van der Waals surface area contributed by atoms with Crippen LogP contribution in [0.25, 0.3) is 10.8 Å². The predicted molar refractivity (Wildman–Crippen MR) is 143 cm³/mol. The lowest BCUT2D eigenvalue weighted by Gasteiger charge is -2.14. The average molecular weight is 503 g/mol. The zero-order chi connectivity index (χ0) is 25.3. The molecule has 7 heteroatoms. The van der Waals surface area contributed by atoms with E-state index in [1.54, 1.807) is 13.1 Å². The molecule has 4 rings (SSSR count). The van der Waals surface area contributed by atoms with E-state index in [0.717, 1.165) is 21.9 Å². The summed E-state index contributed by atoms with van der Waals surface area (Å²) in [6.45, 7) is 4.45. The Morgan fingerprint density at radius 1 is 0.944 bits per heavy atom. The molecule has 0 bridgehead atoms. The maximum Gasteiger partial charge on any atom is 0.280 e. The molecule has 0 spiro atoms. The van der Waals surface area contributed by atoms with Crippen molar-refractivity contribution in [1.82, 2.24) is 5.43 Å². The van der Waals surface area contributed by atoms with Gasteiger partial charge in [0.15, 0.2) is 17.6 Å². The monoisotopic (exact) mass is 502 g/mol. The quantitative estimate of drug-likeness (QED) is 0.201. The Bertz CT molecular complexity index is 1360. The minimum absolute atomic E-state index is 0.354. The van der Waals surface area contributed by atoms with Crippen molar-refractivity contribution in [2.75, 3.05) is 6.61 Å². The van der Waals surface area contributed by atoms with Crippen LogP contribution < -0.4 is 19.6 Å². The molecule has 0 saturated heterocycles. The minimum Gasteiger partial charge on any atom is -0.490 e. The normalized spacial score (nSPS) is 11.9. The second-order valence-corrected chi connectivity index (χ2v) is 8.49. The summed E-state index contributed by atoms with van der Waals surface area (Å²) in [5, 5.41) is 6.91. The van der Waals surface area contributed by atoms with Gasteiger partial charge in [-0.2, -0.15) is 5.10 Å². The number of benzene rings is 4. The second kappa shape index (κ2) is 12.1. The molecule has 0 aliphatic carbocycles. The molecule has 6 nitrogen and oxygen atoms in total. The van der Waals surface area contributed by atoms with E-state index in [4.69, 9.17) is 25.8 Å². The second-order valence-electron chi connectivity index (χ2n) is 8.06. The fraction of sp³-hybridized carbons (Fsp3) is 0.172. The molecule has 4 aromatic carbocycles. The maximum absolute atomic E-state index is 12.5. The van der Waals surface area contributed by atoms with Crippen LogP contribution in [0.5, 0.6) is 17.2 Å². The average Bonchev–Trinajstić information content (AvgIpc) is 2.89. The third-order valence-corrected chi connectivity index (χ3v) is 5.62. The van der Waals surface area contributed by atoms with Crippen LogP contribution >= 0.6 is 11.6 Å². The van der Waals surface area contributed by atoms with E-state index >= 15 is 0 Å². The number of amides is 1. The molecule has 0 unspecified atom stereocenters. The van der Waals surface area contributed by atoms with Gasteiger partial charge in [-0.1, -0.05) is 54.1 Å². The molecule has 0 aromatic heterocycles. The third kappa shape index (κ3) is 6.77. The molecule has 1 N–H and O–H groups in total. The van der Waals surface area contributed by atoms with Crippen LogP contribution in [0.15, 0.2) is 90.0 Å². The number of hydrogen-bond donors (Lipinski definition) is 1. The van der Waals surface area contributed by atoms with E-state index in [-0.39, 0.29) is 5.91 Å². The van der Waals surface area contributed by atoms with Gasteiger partial charge in [-0.25, -0.2) is 5.43 Å². The first kappa shape index (κ1) is 25.1. The number of hydrazone groups is 1. The molecule has 0 aliphatic heterocycles. The van der Waals surface area contributed by atoms with Crippen LogP contribution in [0.4, 0.5) is 0 Å². The lowest BCUT2D eigenvalue weighted by atomic mass is 10.1. The van der Waals surface area contributed by atoms with E-state index in [9.17, 15) is 4.79 Å². The molecule has 36 heavy (non-hydrogen) atoms. The zero-order valence-corrected chi connectivity index (χ0v) is 20.9. The van der Waals surface area contributed by atoms with Crippen molar-refractivity contribution in [3.8, 4) is 17.2 Å². The smallest absolute Gasteiger partial charge is 0.280 e. The summed E-state index contributed by atoms with van der Waals surface area (Å²) >= 11 is 5.94. The van der Waals surface area contributed by atoms with E-state index in [0.29, 0.717) is 35.5 Å². The van der Waals surface area contributed by atoms with Crippen molar-refractivity contribution >= 4 is 34.5 Å². The van der Waals surface area contributed by atoms with E-state index < -0.39 is 6.10 Å². The summed E-state index contributed by atoms with van der Waals surface area (Å²) in [5.74, 6) is 1.48. The van der Waals surface area contributed by atoms with Gasteiger partial charge in [0, 0.05) is 5.02 Å². The first-order chi connectivity index (χ1) is 17.5. The van der Waals surface area contributed by atoms with Crippen molar-refractivity contribution in [1.29, 1.82) is 0 Å². The van der Waals surface area contributed by atoms with Gasteiger partial charge in [-0.3, -0.25) is 4.79 Å². The summed E-state index contributed by atoms with van der Waals surface area (Å²) < 4.78 is 17.5. The highest BCUT2D eigenvalue weighted by atomic mass is 35.5. The van der Waals surface area contributed by atoms with Gasteiger partial charge in [0.2, 0.25) is 0 Å². The summed E-state index contributed by atoms with van der Waals surface area (Å²) in [5.41, 5.74) is 4.27. The highest BCUT2D eigenvalue weighted by Gasteiger charge is 2.14. The predicted octanol–water partition coefficient (Wildman–Crippen LogP) is 6.39. The molecule has 0 heterocycles. The number of rotatable bonds is 10. The van der Waals surface area contributed by atoms with Crippen molar-refractivity contribution < 1.29 is 19.0 Å². The number of nitrogens with zero attached hydrogens (tertiary/aromatic N) is 1. The topological polar surface area (TPSA) is 69.2 Å². The SMILES string of the molecule is CCOc1cc(/C=N\NC(=O)[C@H](C)Oc2ccc3ccccc3c2)ccc1OCc1ccc(Cl)cc1. The lowest BCUT2D eigenvalue weighted by Crippen LogP contribution is -2.33.